The fraction of sp³-hybridized carbons (Fsp3) is 0.619. The smallest absolute Gasteiger partial charge is 0.308 e. The van der Waals surface area contributed by atoms with Crippen molar-refractivity contribution in [1.82, 2.24) is 0 Å². The number of hydrogen-bond donors (Lipinski definition) is 1. The maximum Gasteiger partial charge on any atom is 0.308 e. The summed E-state index contributed by atoms with van der Waals surface area (Å²) >= 11 is 0. The maximum absolute atomic E-state index is 11.9. The summed E-state index contributed by atoms with van der Waals surface area (Å²) in [5.74, 6) is -1.47. The first kappa shape index (κ1) is 22.0. The Hall–Kier alpha value is -2.04. The summed E-state index contributed by atoms with van der Waals surface area (Å²) in [6, 6.07) is 1.91. The van der Waals surface area contributed by atoms with Gasteiger partial charge < -0.3 is 14.3 Å². The van der Waals surface area contributed by atoms with Crippen molar-refractivity contribution in [2.75, 3.05) is 7.11 Å². The number of carboxylic acid groups (broad SMARTS) is 1. The van der Waals surface area contributed by atoms with Crippen molar-refractivity contribution >= 4 is 11.9 Å². The summed E-state index contributed by atoms with van der Waals surface area (Å²) in [7, 11) is 1.41. The van der Waals surface area contributed by atoms with E-state index in [0.29, 0.717) is 19.3 Å². The Morgan fingerprint density at radius 1 is 1.15 bits per heavy atom. The lowest BCUT2D eigenvalue weighted by Gasteiger charge is -2.16. The van der Waals surface area contributed by atoms with Crippen molar-refractivity contribution in [3.05, 3.63) is 35.8 Å². The molecule has 0 saturated heterocycles. The predicted molar refractivity (Wildman–Crippen MR) is 101 cm³/mol. The molecular weight excluding hydrogens is 332 g/mol. The first-order valence-electron chi connectivity index (χ1n) is 9.39. The lowest BCUT2D eigenvalue weighted by Crippen LogP contribution is -2.18. The van der Waals surface area contributed by atoms with Crippen LogP contribution in [0.5, 0.6) is 0 Å². The van der Waals surface area contributed by atoms with E-state index in [1.165, 1.54) is 12.7 Å². The normalized spacial score (nSPS) is 13.0. The molecule has 1 N–H and O–H groups in total. The molecule has 0 amide bonds. The zero-order chi connectivity index (χ0) is 19.4. The highest BCUT2D eigenvalue weighted by Crippen LogP contribution is 2.22. The number of ether oxygens (including phenoxy) is 1. The third kappa shape index (κ3) is 8.88. The van der Waals surface area contributed by atoms with Crippen molar-refractivity contribution in [2.45, 2.75) is 65.2 Å². The van der Waals surface area contributed by atoms with Crippen molar-refractivity contribution in [3.63, 3.8) is 0 Å². The van der Waals surface area contributed by atoms with E-state index in [-0.39, 0.29) is 17.8 Å². The number of furan rings is 1. The van der Waals surface area contributed by atoms with E-state index in [0.717, 1.165) is 37.7 Å². The third-order valence-electron chi connectivity index (χ3n) is 4.65. The highest BCUT2D eigenvalue weighted by Gasteiger charge is 2.21. The highest BCUT2D eigenvalue weighted by atomic mass is 16.5. The van der Waals surface area contributed by atoms with Crippen molar-refractivity contribution in [3.8, 4) is 0 Å². The minimum absolute atomic E-state index is 0.157. The van der Waals surface area contributed by atoms with Gasteiger partial charge in [-0.05, 0) is 70.4 Å². The van der Waals surface area contributed by atoms with E-state index < -0.39 is 5.97 Å². The number of aryl methyl sites for hydroxylation is 1. The fourth-order valence-electron chi connectivity index (χ4n) is 3.11. The molecule has 5 heteroatoms. The second-order valence-corrected chi connectivity index (χ2v) is 7.07. The molecule has 0 aromatic carbocycles. The van der Waals surface area contributed by atoms with Gasteiger partial charge in [0, 0.05) is 0 Å². The van der Waals surface area contributed by atoms with E-state index in [9.17, 15) is 14.7 Å². The number of carboxylic acids is 1. The summed E-state index contributed by atoms with van der Waals surface area (Å²) in [4.78, 5) is 23.4. The Bertz CT molecular complexity index is 555. The average Bonchev–Trinajstić information content (AvgIpc) is 3.11. The molecule has 0 saturated carbocycles. The van der Waals surface area contributed by atoms with E-state index >= 15 is 0 Å². The number of carbonyl (C=O) groups excluding carboxylic acids is 1. The van der Waals surface area contributed by atoms with Crippen LogP contribution in [0.25, 0.3) is 0 Å². The molecule has 0 bridgehead atoms. The lowest BCUT2D eigenvalue weighted by molar-refractivity contribution is -0.145. The van der Waals surface area contributed by atoms with Crippen LogP contribution in [0.2, 0.25) is 0 Å². The number of aliphatic carboxylic acids is 1. The minimum Gasteiger partial charge on any atom is -0.481 e. The molecule has 1 rings (SSSR count). The number of allylic oxidation sites excluding steroid dienone is 2. The molecule has 0 aliphatic carbocycles. The van der Waals surface area contributed by atoms with Crippen LogP contribution in [-0.2, 0) is 20.7 Å². The van der Waals surface area contributed by atoms with Crippen LogP contribution in [0.1, 0.15) is 64.4 Å². The second-order valence-electron chi connectivity index (χ2n) is 7.07. The summed E-state index contributed by atoms with van der Waals surface area (Å²) in [6.07, 6.45) is 11.3. The zero-order valence-electron chi connectivity index (χ0n) is 16.2. The first-order chi connectivity index (χ1) is 12.4. The van der Waals surface area contributed by atoms with E-state index in [2.05, 4.69) is 6.08 Å². The van der Waals surface area contributed by atoms with Crippen LogP contribution in [0.15, 0.2) is 34.7 Å². The van der Waals surface area contributed by atoms with Gasteiger partial charge in [0.1, 0.15) is 0 Å². The van der Waals surface area contributed by atoms with Crippen molar-refractivity contribution < 1.29 is 23.8 Å². The van der Waals surface area contributed by atoms with Gasteiger partial charge in [-0.1, -0.05) is 18.1 Å². The number of carbonyl (C=O) groups is 2. The molecule has 0 radical (unpaired) electrons. The molecule has 0 aliphatic heterocycles. The summed E-state index contributed by atoms with van der Waals surface area (Å²) < 4.78 is 9.92. The number of rotatable bonds is 13. The molecule has 0 spiro atoms. The average molecular weight is 364 g/mol. The second kappa shape index (κ2) is 12.3. The van der Waals surface area contributed by atoms with Crippen LogP contribution in [0.4, 0.5) is 0 Å². The Kier molecular flexibility index (Phi) is 10.4. The summed E-state index contributed by atoms with van der Waals surface area (Å²) in [6.45, 7) is 4.07. The molecule has 0 fully saturated rings. The molecule has 1 heterocycles. The Morgan fingerprint density at radius 3 is 2.42 bits per heavy atom. The third-order valence-corrected chi connectivity index (χ3v) is 4.65. The van der Waals surface area contributed by atoms with E-state index in [4.69, 9.17) is 9.15 Å². The fourth-order valence-corrected chi connectivity index (χ4v) is 3.11. The topological polar surface area (TPSA) is 76.7 Å². The van der Waals surface area contributed by atoms with Gasteiger partial charge in [-0.2, -0.15) is 0 Å². The van der Waals surface area contributed by atoms with E-state index in [1.54, 1.807) is 12.5 Å². The Morgan fingerprint density at radius 2 is 1.85 bits per heavy atom. The van der Waals surface area contributed by atoms with Gasteiger partial charge >= 0.3 is 11.9 Å². The molecule has 2 atom stereocenters. The van der Waals surface area contributed by atoms with Gasteiger partial charge in [-0.3, -0.25) is 9.59 Å². The van der Waals surface area contributed by atoms with Gasteiger partial charge in [-0.15, -0.1) is 0 Å². The van der Waals surface area contributed by atoms with Gasteiger partial charge in [-0.25, -0.2) is 0 Å². The van der Waals surface area contributed by atoms with Crippen LogP contribution < -0.4 is 0 Å². The van der Waals surface area contributed by atoms with E-state index in [1.807, 2.05) is 19.9 Å². The lowest BCUT2D eigenvalue weighted by atomic mass is 9.90. The highest BCUT2D eigenvalue weighted by molar-refractivity contribution is 5.72. The Labute approximate surface area is 156 Å². The quantitative estimate of drug-likeness (QED) is 0.393. The molecular formula is C21H32O5. The Balaban J connectivity index is 2.40. The van der Waals surface area contributed by atoms with Crippen LogP contribution in [-0.4, -0.2) is 24.2 Å². The van der Waals surface area contributed by atoms with Crippen molar-refractivity contribution in [1.29, 1.82) is 0 Å². The molecule has 146 valence electrons. The monoisotopic (exact) mass is 364 g/mol. The van der Waals surface area contributed by atoms with Gasteiger partial charge in [0.15, 0.2) is 0 Å². The number of methoxy groups -OCH3 is 1. The zero-order valence-corrected chi connectivity index (χ0v) is 16.2. The maximum atomic E-state index is 11.9. The largest absolute Gasteiger partial charge is 0.481 e. The van der Waals surface area contributed by atoms with Crippen LogP contribution in [0.3, 0.4) is 0 Å². The standard InChI is InChI=1S/C21H32O5/c1-16(2)7-4-11-19(21(24)25-3)12-6-10-18(20(22)23)9-5-8-17-13-14-26-15-17/h7,13-15,18-19H,4-6,8-12H2,1-3H3,(H,22,23)/t18-,19+/m1/s1. The predicted octanol–water partition coefficient (Wildman–Crippen LogP) is 5.01. The summed E-state index contributed by atoms with van der Waals surface area (Å²) in [5.41, 5.74) is 2.33. The van der Waals surface area contributed by atoms with Gasteiger partial charge in [0.2, 0.25) is 0 Å². The molecule has 5 nitrogen and oxygen atoms in total. The SMILES string of the molecule is COC(=O)[C@@H](CCC=C(C)C)CCC[C@@H](CCCc1ccoc1)C(=O)O. The summed E-state index contributed by atoms with van der Waals surface area (Å²) in [5, 5.41) is 9.44. The van der Waals surface area contributed by atoms with Crippen LogP contribution >= 0.6 is 0 Å². The van der Waals surface area contributed by atoms with Gasteiger partial charge in [0.05, 0.1) is 31.5 Å². The van der Waals surface area contributed by atoms with Gasteiger partial charge in [0.25, 0.3) is 0 Å². The van der Waals surface area contributed by atoms with Crippen LogP contribution in [0, 0.1) is 11.8 Å². The van der Waals surface area contributed by atoms with Crippen molar-refractivity contribution in [2.24, 2.45) is 11.8 Å². The molecule has 0 unspecified atom stereocenters. The molecule has 26 heavy (non-hydrogen) atoms. The molecule has 0 aliphatic rings. The minimum atomic E-state index is -0.753. The number of hydrogen-bond acceptors (Lipinski definition) is 4. The first-order valence-corrected chi connectivity index (χ1v) is 9.39. The number of esters is 1. The molecule has 1 aromatic rings. The molecule has 1 aromatic heterocycles.